The van der Waals surface area contributed by atoms with Crippen LogP contribution in [-0.2, 0) is 17.8 Å². The molecule has 3 aromatic heterocycles. The van der Waals surface area contributed by atoms with Gasteiger partial charge in [0.15, 0.2) is 0 Å². The molecular formula is C24H29N7OS. The van der Waals surface area contributed by atoms with Crippen molar-refractivity contribution >= 4 is 49.9 Å². The number of aromatic nitrogens is 4. The number of H-pyrrole nitrogens is 1. The number of unbranched alkanes of at least 4 members (excludes halogenated alkanes) is 1. The van der Waals surface area contributed by atoms with E-state index >= 15 is 0 Å². The minimum Gasteiger partial charge on any atom is -0.356 e. The largest absolute Gasteiger partial charge is 0.356 e. The van der Waals surface area contributed by atoms with Gasteiger partial charge >= 0.3 is 0 Å². The summed E-state index contributed by atoms with van der Waals surface area (Å²) in [7, 11) is 0. The molecule has 1 aromatic carbocycles. The number of nitrogens with zero attached hydrogens (tertiary/aromatic N) is 4. The fraction of sp³-hybridized carbons (Fsp3) is 0.417. The lowest BCUT2D eigenvalue weighted by atomic mass is 10.0. The maximum Gasteiger partial charge on any atom is 0.222 e. The Morgan fingerprint density at radius 1 is 1.27 bits per heavy atom. The van der Waals surface area contributed by atoms with Crippen molar-refractivity contribution in [2.45, 2.75) is 39.7 Å². The van der Waals surface area contributed by atoms with Crippen molar-refractivity contribution in [1.29, 1.82) is 0 Å². The van der Waals surface area contributed by atoms with Gasteiger partial charge in [-0.3, -0.25) is 14.8 Å². The highest BCUT2D eigenvalue weighted by molar-refractivity contribution is 7.19. The van der Waals surface area contributed by atoms with E-state index in [1.807, 2.05) is 32.2 Å². The minimum atomic E-state index is 0.0505. The van der Waals surface area contributed by atoms with Gasteiger partial charge in [0.05, 0.1) is 17.1 Å². The van der Waals surface area contributed by atoms with Crippen molar-refractivity contribution in [2.24, 2.45) is 5.92 Å². The van der Waals surface area contributed by atoms with Crippen LogP contribution in [0.5, 0.6) is 0 Å². The Hall–Kier alpha value is -3.04. The van der Waals surface area contributed by atoms with E-state index in [0.717, 1.165) is 78.1 Å². The van der Waals surface area contributed by atoms with Crippen molar-refractivity contribution in [3.05, 3.63) is 41.2 Å². The standard InChI is InChI=1S/C24H29N7OS/c1-15(2)23(32)25-8-3-4-9-31-10-7-18-20(13-31)33-24-21(18)22(26-14-27-24)29-17-5-6-19-16(11-17)12-28-30-19/h5-6,11-12,14-15H,3-4,7-10,13H2,1-2H3,(H,25,32)(H,28,30)(H,26,27,29). The summed E-state index contributed by atoms with van der Waals surface area (Å²) >= 11 is 1.78. The van der Waals surface area contributed by atoms with Crippen molar-refractivity contribution in [1.82, 2.24) is 30.4 Å². The molecule has 0 bridgehead atoms. The molecule has 0 saturated carbocycles. The SMILES string of the molecule is CC(C)C(=O)NCCCCN1CCc2c(sc3ncnc(Nc4ccc5[nH]ncc5c4)c23)C1. The maximum absolute atomic E-state index is 11.7. The van der Waals surface area contributed by atoms with Crippen LogP contribution in [0.2, 0.25) is 0 Å². The first-order chi connectivity index (χ1) is 16.1. The molecule has 5 rings (SSSR count). The van der Waals surface area contributed by atoms with Crippen LogP contribution < -0.4 is 10.6 Å². The maximum atomic E-state index is 11.7. The first kappa shape index (κ1) is 21.8. The van der Waals surface area contributed by atoms with Crippen LogP contribution in [0.4, 0.5) is 11.5 Å². The highest BCUT2D eigenvalue weighted by Gasteiger charge is 2.23. The number of rotatable bonds is 8. The summed E-state index contributed by atoms with van der Waals surface area (Å²) in [6, 6.07) is 6.15. The summed E-state index contributed by atoms with van der Waals surface area (Å²) in [5, 5.41) is 15.8. The second-order valence-electron chi connectivity index (χ2n) is 8.88. The van der Waals surface area contributed by atoms with Gasteiger partial charge in [-0.2, -0.15) is 5.10 Å². The van der Waals surface area contributed by atoms with E-state index in [2.05, 4.69) is 41.8 Å². The molecule has 172 valence electrons. The smallest absolute Gasteiger partial charge is 0.222 e. The zero-order valence-electron chi connectivity index (χ0n) is 19.0. The van der Waals surface area contributed by atoms with Crippen LogP contribution >= 0.6 is 11.3 Å². The Balaban J connectivity index is 1.25. The normalized spacial score (nSPS) is 14.2. The lowest BCUT2D eigenvalue weighted by Gasteiger charge is -2.27. The number of hydrogen-bond donors (Lipinski definition) is 3. The zero-order chi connectivity index (χ0) is 22.8. The second-order valence-corrected chi connectivity index (χ2v) is 9.97. The number of nitrogens with one attached hydrogen (secondary N) is 3. The summed E-state index contributed by atoms with van der Waals surface area (Å²) in [5.74, 6) is 1.06. The average molecular weight is 464 g/mol. The number of carbonyl (C=O) groups is 1. The van der Waals surface area contributed by atoms with Gasteiger partial charge in [0.2, 0.25) is 5.91 Å². The predicted octanol–water partition coefficient (Wildman–Crippen LogP) is 4.22. The first-order valence-electron chi connectivity index (χ1n) is 11.5. The molecule has 8 nitrogen and oxygen atoms in total. The van der Waals surface area contributed by atoms with E-state index in [1.54, 1.807) is 17.7 Å². The quantitative estimate of drug-likeness (QED) is 0.338. The molecular weight excluding hydrogens is 434 g/mol. The van der Waals surface area contributed by atoms with Gasteiger partial charge in [-0.05, 0) is 49.6 Å². The molecule has 0 atom stereocenters. The third kappa shape index (κ3) is 4.69. The molecule has 33 heavy (non-hydrogen) atoms. The van der Waals surface area contributed by atoms with Crippen LogP contribution in [0.15, 0.2) is 30.7 Å². The van der Waals surface area contributed by atoms with Gasteiger partial charge in [-0.25, -0.2) is 9.97 Å². The van der Waals surface area contributed by atoms with Crippen LogP contribution in [0.3, 0.4) is 0 Å². The third-order valence-electron chi connectivity index (χ3n) is 6.14. The number of aromatic amines is 1. The molecule has 0 unspecified atom stereocenters. The molecule has 0 spiro atoms. The molecule has 0 fully saturated rings. The van der Waals surface area contributed by atoms with Gasteiger partial charge in [-0.15, -0.1) is 11.3 Å². The molecule has 1 aliphatic rings. The fourth-order valence-corrected chi connectivity index (χ4v) is 5.53. The Morgan fingerprint density at radius 3 is 3.06 bits per heavy atom. The van der Waals surface area contributed by atoms with E-state index in [-0.39, 0.29) is 11.8 Å². The number of fused-ring (bicyclic) bond motifs is 4. The lowest BCUT2D eigenvalue weighted by Crippen LogP contribution is -2.32. The number of carbonyl (C=O) groups excluding carboxylic acids is 1. The van der Waals surface area contributed by atoms with E-state index < -0.39 is 0 Å². The van der Waals surface area contributed by atoms with Crippen LogP contribution in [0.25, 0.3) is 21.1 Å². The summed E-state index contributed by atoms with van der Waals surface area (Å²) in [5.41, 5.74) is 3.39. The fourth-order valence-electron chi connectivity index (χ4n) is 4.30. The van der Waals surface area contributed by atoms with E-state index in [9.17, 15) is 4.79 Å². The Morgan fingerprint density at radius 2 is 2.18 bits per heavy atom. The van der Waals surface area contributed by atoms with Crippen LogP contribution in [0, 0.1) is 5.92 Å². The van der Waals surface area contributed by atoms with Crippen molar-refractivity contribution < 1.29 is 4.79 Å². The molecule has 4 aromatic rings. The van der Waals surface area contributed by atoms with Crippen molar-refractivity contribution in [3.8, 4) is 0 Å². The van der Waals surface area contributed by atoms with Gasteiger partial charge < -0.3 is 10.6 Å². The first-order valence-corrected chi connectivity index (χ1v) is 12.4. The third-order valence-corrected chi connectivity index (χ3v) is 7.27. The Labute approximate surface area is 196 Å². The van der Waals surface area contributed by atoms with E-state index in [0.29, 0.717) is 0 Å². The number of benzene rings is 1. The highest BCUT2D eigenvalue weighted by atomic mass is 32.1. The molecule has 3 N–H and O–H groups in total. The molecule has 0 saturated heterocycles. The van der Waals surface area contributed by atoms with Crippen molar-refractivity contribution in [2.75, 3.05) is 25.0 Å². The minimum absolute atomic E-state index is 0.0505. The summed E-state index contributed by atoms with van der Waals surface area (Å²) < 4.78 is 0. The zero-order valence-corrected chi connectivity index (χ0v) is 19.8. The van der Waals surface area contributed by atoms with Crippen molar-refractivity contribution in [3.63, 3.8) is 0 Å². The van der Waals surface area contributed by atoms with Crippen LogP contribution in [-0.4, -0.2) is 50.6 Å². The topological polar surface area (TPSA) is 98.8 Å². The number of amides is 1. The van der Waals surface area contributed by atoms with Gasteiger partial charge in [-0.1, -0.05) is 13.8 Å². The number of hydrogen-bond acceptors (Lipinski definition) is 7. The summed E-state index contributed by atoms with van der Waals surface area (Å²) in [6.07, 6.45) is 6.57. The van der Waals surface area contributed by atoms with Crippen LogP contribution in [0.1, 0.15) is 37.1 Å². The molecule has 0 aliphatic carbocycles. The monoisotopic (exact) mass is 463 g/mol. The molecule has 1 aliphatic heterocycles. The average Bonchev–Trinajstić information content (AvgIpc) is 3.42. The van der Waals surface area contributed by atoms with E-state index in [4.69, 9.17) is 0 Å². The second kappa shape index (κ2) is 9.44. The van der Waals surface area contributed by atoms with Gasteiger partial charge in [0, 0.05) is 41.5 Å². The Kier molecular flexibility index (Phi) is 6.24. The molecule has 0 radical (unpaired) electrons. The van der Waals surface area contributed by atoms with Gasteiger partial charge in [0.25, 0.3) is 0 Å². The number of anilines is 2. The molecule has 9 heteroatoms. The molecule has 1 amide bonds. The highest BCUT2D eigenvalue weighted by Crippen LogP contribution is 2.38. The van der Waals surface area contributed by atoms with Gasteiger partial charge in [0.1, 0.15) is 17.0 Å². The predicted molar refractivity (Wildman–Crippen MR) is 133 cm³/mol. The summed E-state index contributed by atoms with van der Waals surface area (Å²) in [6.45, 7) is 7.65. The number of thiophene rings is 1. The molecule has 4 heterocycles. The lowest BCUT2D eigenvalue weighted by molar-refractivity contribution is -0.123. The summed E-state index contributed by atoms with van der Waals surface area (Å²) in [4.78, 5) is 25.8. The van der Waals surface area contributed by atoms with E-state index in [1.165, 1.54) is 10.4 Å². The Bertz CT molecular complexity index is 1280.